The van der Waals surface area contributed by atoms with Crippen molar-refractivity contribution in [2.75, 3.05) is 32.7 Å². The highest BCUT2D eigenvalue weighted by Crippen LogP contribution is 2.08. The first-order valence-electron chi connectivity index (χ1n) is 7.66. The lowest BCUT2D eigenvalue weighted by Gasteiger charge is -2.35. The molecule has 0 N–H and O–H groups in total. The summed E-state index contributed by atoms with van der Waals surface area (Å²) < 4.78 is 0. The summed E-state index contributed by atoms with van der Waals surface area (Å²) in [5.74, 6) is 0.458. The molecular weight excluding hydrogens is 224 g/mol. The first kappa shape index (κ1) is 17.4. The van der Waals surface area contributed by atoms with E-state index in [1.54, 1.807) is 0 Å². The van der Waals surface area contributed by atoms with Gasteiger partial charge in [0.2, 0.25) is 5.91 Å². The van der Waals surface area contributed by atoms with Crippen molar-refractivity contribution in [3.63, 3.8) is 0 Å². The first-order valence-corrected chi connectivity index (χ1v) is 7.66. The quantitative estimate of drug-likeness (QED) is 0.706. The minimum Gasteiger partial charge on any atom is -0.340 e. The molecule has 1 heterocycles. The zero-order valence-electron chi connectivity index (χ0n) is 13.0. The van der Waals surface area contributed by atoms with Crippen LogP contribution in [0.1, 0.15) is 53.9 Å². The van der Waals surface area contributed by atoms with Crippen molar-refractivity contribution in [3.05, 3.63) is 0 Å². The van der Waals surface area contributed by atoms with Crippen LogP contribution in [-0.2, 0) is 4.79 Å². The zero-order chi connectivity index (χ0) is 14.0. The Morgan fingerprint density at radius 1 is 1.06 bits per heavy atom. The van der Waals surface area contributed by atoms with E-state index in [4.69, 9.17) is 0 Å². The van der Waals surface area contributed by atoms with E-state index in [0.29, 0.717) is 5.91 Å². The Bertz CT molecular complexity index is 209. The predicted octanol–water partition coefficient (Wildman–Crippen LogP) is 3.00. The lowest BCUT2D eigenvalue weighted by Crippen LogP contribution is -2.49. The van der Waals surface area contributed by atoms with Crippen molar-refractivity contribution in [2.24, 2.45) is 5.92 Å². The van der Waals surface area contributed by atoms with Gasteiger partial charge in [-0.3, -0.25) is 9.69 Å². The number of nitrogens with zero attached hydrogens (tertiary/aromatic N) is 2. The van der Waals surface area contributed by atoms with Gasteiger partial charge in [0.25, 0.3) is 0 Å². The SMILES string of the molecule is CC.CCCCCN1CCN(C(=O)C(C)C)CC1. The van der Waals surface area contributed by atoms with Crippen LogP contribution in [0.25, 0.3) is 0 Å². The third-order valence-electron chi connectivity index (χ3n) is 3.26. The molecule has 0 saturated carbocycles. The number of rotatable bonds is 5. The zero-order valence-corrected chi connectivity index (χ0v) is 13.0. The van der Waals surface area contributed by atoms with Crippen LogP contribution in [0, 0.1) is 5.92 Å². The van der Waals surface area contributed by atoms with E-state index in [1.807, 2.05) is 32.6 Å². The summed E-state index contributed by atoms with van der Waals surface area (Å²) in [7, 11) is 0. The number of unbranched alkanes of at least 4 members (excludes halogenated alkanes) is 2. The van der Waals surface area contributed by atoms with E-state index in [2.05, 4.69) is 11.8 Å². The fraction of sp³-hybridized carbons (Fsp3) is 0.933. The first-order chi connectivity index (χ1) is 8.65. The van der Waals surface area contributed by atoms with E-state index in [-0.39, 0.29) is 5.92 Å². The molecule has 1 fully saturated rings. The second kappa shape index (κ2) is 10.4. The summed E-state index contributed by atoms with van der Waals surface area (Å²) in [6.45, 7) is 15.4. The molecule has 1 saturated heterocycles. The average Bonchev–Trinajstić information content (AvgIpc) is 2.41. The Morgan fingerprint density at radius 2 is 1.61 bits per heavy atom. The molecule has 18 heavy (non-hydrogen) atoms. The summed E-state index contributed by atoms with van der Waals surface area (Å²) in [5, 5.41) is 0. The molecule has 0 bridgehead atoms. The van der Waals surface area contributed by atoms with Crippen molar-refractivity contribution in [3.8, 4) is 0 Å². The van der Waals surface area contributed by atoms with E-state index in [9.17, 15) is 4.79 Å². The van der Waals surface area contributed by atoms with Gasteiger partial charge < -0.3 is 4.90 Å². The second-order valence-electron chi connectivity index (χ2n) is 5.03. The Kier molecular flexibility index (Phi) is 10.0. The normalized spacial score (nSPS) is 16.4. The highest BCUT2D eigenvalue weighted by Gasteiger charge is 2.22. The van der Waals surface area contributed by atoms with Gasteiger partial charge >= 0.3 is 0 Å². The average molecular weight is 256 g/mol. The Morgan fingerprint density at radius 3 is 2.06 bits per heavy atom. The molecule has 0 radical (unpaired) electrons. The Balaban J connectivity index is 0.00000137. The van der Waals surface area contributed by atoms with Gasteiger partial charge in [-0.25, -0.2) is 0 Å². The van der Waals surface area contributed by atoms with Crippen molar-refractivity contribution in [2.45, 2.75) is 53.9 Å². The van der Waals surface area contributed by atoms with Gasteiger partial charge in [0.15, 0.2) is 0 Å². The van der Waals surface area contributed by atoms with Crippen LogP contribution >= 0.6 is 0 Å². The van der Waals surface area contributed by atoms with E-state index >= 15 is 0 Å². The largest absolute Gasteiger partial charge is 0.340 e. The third-order valence-corrected chi connectivity index (χ3v) is 3.26. The van der Waals surface area contributed by atoms with Crippen LogP contribution in [0.3, 0.4) is 0 Å². The standard InChI is InChI=1S/C13H26N2O.C2H6/c1-4-5-6-7-14-8-10-15(11-9-14)13(16)12(2)3;1-2/h12H,4-11H2,1-3H3;1-2H3. The molecule has 0 aromatic carbocycles. The lowest BCUT2D eigenvalue weighted by atomic mass is 10.1. The molecule has 0 spiro atoms. The Labute approximate surface area is 114 Å². The molecule has 3 nitrogen and oxygen atoms in total. The molecule has 108 valence electrons. The van der Waals surface area contributed by atoms with Crippen LogP contribution < -0.4 is 0 Å². The summed E-state index contributed by atoms with van der Waals surface area (Å²) >= 11 is 0. The summed E-state index contributed by atoms with van der Waals surface area (Å²) in [5.41, 5.74) is 0. The van der Waals surface area contributed by atoms with Crippen LogP contribution in [0.15, 0.2) is 0 Å². The predicted molar refractivity (Wildman–Crippen MR) is 78.7 cm³/mol. The molecule has 0 aromatic rings. The molecular formula is C15H32N2O. The summed E-state index contributed by atoms with van der Waals surface area (Å²) in [4.78, 5) is 16.3. The fourth-order valence-corrected chi connectivity index (χ4v) is 2.14. The molecule has 0 unspecified atom stereocenters. The van der Waals surface area contributed by atoms with Crippen molar-refractivity contribution in [1.29, 1.82) is 0 Å². The van der Waals surface area contributed by atoms with Crippen LogP contribution in [-0.4, -0.2) is 48.4 Å². The van der Waals surface area contributed by atoms with Crippen molar-refractivity contribution < 1.29 is 4.79 Å². The molecule has 3 heteroatoms. The van der Waals surface area contributed by atoms with Gasteiger partial charge in [-0.1, -0.05) is 47.5 Å². The number of carbonyl (C=O) groups is 1. The molecule has 0 atom stereocenters. The minimum absolute atomic E-state index is 0.145. The van der Waals surface area contributed by atoms with E-state index in [1.165, 1.54) is 25.8 Å². The molecule has 1 aliphatic rings. The summed E-state index contributed by atoms with van der Waals surface area (Å²) in [6, 6.07) is 0. The molecule has 1 aliphatic heterocycles. The minimum atomic E-state index is 0.145. The Hall–Kier alpha value is -0.570. The smallest absolute Gasteiger partial charge is 0.225 e. The van der Waals surface area contributed by atoms with Crippen molar-refractivity contribution >= 4 is 5.91 Å². The van der Waals surface area contributed by atoms with Gasteiger partial charge in [0.1, 0.15) is 0 Å². The maximum atomic E-state index is 11.8. The number of carbonyl (C=O) groups excluding carboxylic acids is 1. The van der Waals surface area contributed by atoms with Crippen LogP contribution in [0.2, 0.25) is 0 Å². The van der Waals surface area contributed by atoms with Gasteiger partial charge in [0, 0.05) is 32.1 Å². The van der Waals surface area contributed by atoms with Gasteiger partial charge in [-0.15, -0.1) is 0 Å². The third kappa shape index (κ3) is 6.39. The number of hydrogen-bond acceptors (Lipinski definition) is 2. The molecule has 0 aliphatic carbocycles. The van der Waals surface area contributed by atoms with E-state index in [0.717, 1.165) is 26.2 Å². The number of piperazine rings is 1. The summed E-state index contributed by atoms with van der Waals surface area (Å²) in [6.07, 6.45) is 3.91. The molecule has 1 amide bonds. The van der Waals surface area contributed by atoms with Gasteiger partial charge in [-0.2, -0.15) is 0 Å². The highest BCUT2D eigenvalue weighted by atomic mass is 16.2. The fourth-order valence-electron chi connectivity index (χ4n) is 2.14. The topological polar surface area (TPSA) is 23.6 Å². The second-order valence-corrected chi connectivity index (χ2v) is 5.03. The maximum Gasteiger partial charge on any atom is 0.225 e. The highest BCUT2D eigenvalue weighted by molar-refractivity contribution is 5.78. The van der Waals surface area contributed by atoms with Crippen LogP contribution in [0.5, 0.6) is 0 Å². The van der Waals surface area contributed by atoms with E-state index < -0.39 is 0 Å². The van der Waals surface area contributed by atoms with Crippen molar-refractivity contribution in [1.82, 2.24) is 9.80 Å². The monoisotopic (exact) mass is 256 g/mol. The molecule has 1 rings (SSSR count). The molecule has 0 aromatic heterocycles. The van der Waals surface area contributed by atoms with Gasteiger partial charge in [0.05, 0.1) is 0 Å². The van der Waals surface area contributed by atoms with Gasteiger partial charge in [-0.05, 0) is 13.0 Å². The maximum absolute atomic E-state index is 11.8. The number of hydrogen-bond donors (Lipinski definition) is 0. The lowest BCUT2D eigenvalue weighted by molar-refractivity contribution is -0.136. The number of amides is 1. The van der Waals surface area contributed by atoms with Crippen LogP contribution in [0.4, 0.5) is 0 Å².